The standard InChI is InChI=1S/C17H23N5O2.3ClH/c1-21-5-7-22(8-6-21)16-13(3-2-4-19-16)11-20-17(23)14-9-15(10-18)24-12-14;;;/h2-4,9,12H,5-8,10-11,18H2,1H3,(H,20,23);3*1H. The van der Waals surface area contributed by atoms with Crippen LogP contribution in [0, 0.1) is 0 Å². The molecule has 0 aliphatic carbocycles. The third-order valence-corrected chi connectivity index (χ3v) is 4.23. The largest absolute Gasteiger partial charge is 0.467 e. The van der Waals surface area contributed by atoms with E-state index in [-0.39, 0.29) is 49.7 Å². The molecule has 27 heavy (non-hydrogen) atoms. The highest BCUT2D eigenvalue weighted by molar-refractivity contribution is 5.94. The molecule has 0 radical (unpaired) electrons. The van der Waals surface area contributed by atoms with Crippen molar-refractivity contribution in [3.63, 3.8) is 0 Å². The fourth-order valence-electron chi connectivity index (χ4n) is 2.76. The van der Waals surface area contributed by atoms with Gasteiger partial charge in [0, 0.05) is 44.5 Å². The van der Waals surface area contributed by atoms with E-state index in [1.807, 2.05) is 12.1 Å². The lowest BCUT2D eigenvalue weighted by Crippen LogP contribution is -2.45. The van der Waals surface area contributed by atoms with E-state index in [0.717, 1.165) is 37.6 Å². The Bertz CT molecular complexity index is 705. The smallest absolute Gasteiger partial charge is 0.254 e. The average molecular weight is 439 g/mol. The van der Waals surface area contributed by atoms with Crippen molar-refractivity contribution in [1.82, 2.24) is 15.2 Å². The molecule has 7 nitrogen and oxygen atoms in total. The fraction of sp³-hybridized carbons (Fsp3) is 0.412. The number of nitrogens with zero attached hydrogens (tertiary/aromatic N) is 3. The first-order chi connectivity index (χ1) is 11.7. The molecule has 1 aliphatic rings. The van der Waals surface area contributed by atoms with Gasteiger partial charge in [0.1, 0.15) is 17.8 Å². The summed E-state index contributed by atoms with van der Waals surface area (Å²) in [6.45, 7) is 4.62. The summed E-state index contributed by atoms with van der Waals surface area (Å²) in [6, 6.07) is 5.56. The van der Waals surface area contributed by atoms with Crippen molar-refractivity contribution in [3.8, 4) is 0 Å². The highest BCUT2D eigenvalue weighted by Crippen LogP contribution is 2.19. The number of halogens is 3. The van der Waals surface area contributed by atoms with E-state index in [1.54, 1.807) is 12.3 Å². The number of aromatic nitrogens is 1. The number of rotatable bonds is 5. The highest BCUT2D eigenvalue weighted by atomic mass is 35.5. The van der Waals surface area contributed by atoms with Crippen molar-refractivity contribution in [2.75, 3.05) is 38.1 Å². The Hall–Kier alpha value is -1.51. The third kappa shape index (κ3) is 6.55. The molecule has 3 N–H and O–H groups in total. The number of pyridine rings is 1. The number of likely N-dealkylation sites (N-methyl/N-ethyl adjacent to an activating group) is 1. The molecule has 0 unspecified atom stereocenters. The number of nitrogens with one attached hydrogen (secondary N) is 1. The minimum atomic E-state index is -0.174. The zero-order valence-corrected chi connectivity index (χ0v) is 17.5. The van der Waals surface area contributed by atoms with Crippen LogP contribution in [0.15, 0.2) is 35.1 Å². The van der Waals surface area contributed by atoms with E-state index in [4.69, 9.17) is 10.2 Å². The number of anilines is 1. The number of nitrogens with two attached hydrogens (primary N) is 1. The predicted octanol–water partition coefficient (Wildman–Crippen LogP) is 2.08. The summed E-state index contributed by atoms with van der Waals surface area (Å²) in [7, 11) is 2.12. The molecule has 0 saturated carbocycles. The number of hydrogen-bond acceptors (Lipinski definition) is 6. The van der Waals surface area contributed by atoms with E-state index >= 15 is 0 Å². The number of carbonyl (C=O) groups is 1. The van der Waals surface area contributed by atoms with Crippen LogP contribution in [0.5, 0.6) is 0 Å². The lowest BCUT2D eigenvalue weighted by molar-refractivity contribution is 0.0950. The number of amides is 1. The van der Waals surface area contributed by atoms with Crippen LogP contribution < -0.4 is 16.0 Å². The second-order valence-corrected chi connectivity index (χ2v) is 5.96. The first-order valence-corrected chi connectivity index (χ1v) is 8.10. The van der Waals surface area contributed by atoms with Crippen LogP contribution in [0.2, 0.25) is 0 Å². The van der Waals surface area contributed by atoms with Crippen molar-refractivity contribution in [1.29, 1.82) is 0 Å². The second-order valence-electron chi connectivity index (χ2n) is 5.96. The van der Waals surface area contributed by atoms with Gasteiger partial charge in [0.15, 0.2) is 0 Å². The van der Waals surface area contributed by atoms with Crippen molar-refractivity contribution < 1.29 is 9.21 Å². The molecular weight excluding hydrogens is 413 g/mol. The normalized spacial score (nSPS) is 13.8. The van der Waals surface area contributed by atoms with Gasteiger partial charge in [-0.05, 0) is 19.2 Å². The molecule has 10 heteroatoms. The van der Waals surface area contributed by atoms with Gasteiger partial charge in [0.25, 0.3) is 5.91 Å². The quantitative estimate of drug-likeness (QED) is 0.743. The second kappa shape index (κ2) is 12.0. The summed E-state index contributed by atoms with van der Waals surface area (Å²) in [5, 5.41) is 2.92. The lowest BCUT2D eigenvalue weighted by atomic mass is 10.2. The topological polar surface area (TPSA) is 87.6 Å². The number of hydrogen-bond donors (Lipinski definition) is 2. The molecule has 0 spiro atoms. The molecule has 152 valence electrons. The molecule has 2 aromatic rings. The summed E-state index contributed by atoms with van der Waals surface area (Å²) < 4.78 is 5.20. The minimum absolute atomic E-state index is 0. The zero-order chi connectivity index (χ0) is 16.9. The molecule has 1 amide bonds. The van der Waals surface area contributed by atoms with Gasteiger partial charge < -0.3 is 25.3 Å². The Balaban J connectivity index is 0.00000225. The van der Waals surface area contributed by atoms with Crippen molar-refractivity contribution in [2.45, 2.75) is 13.1 Å². The molecule has 3 heterocycles. The van der Waals surface area contributed by atoms with E-state index in [2.05, 4.69) is 27.1 Å². The van der Waals surface area contributed by atoms with Crippen LogP contribution in [0.3, 0.4) is 0 Å². The van der Waals surface area contributed by atoms with Gasteiger partial charge in [0.05, 0.1) is 12.1 Å². The van der Waals surface area contributed by atoms with Gasteiger partial charge >= 0.3 is 0 Å². The molecular formula is C17H26Cl3N5O2. The van der Waals surface area contributed by atoms with Gasteiger partial charge in [-0.1, -0.05) is 6.07 Å². The molecule has 1 aliphatic heterocycles. The Morgan fingerprint density at radius 2 is 1.96 bits per heavy atom. The monoisotopic (exact) mass is 437 g/mol. The van der Waals surface area contributed by atoms with Gasteiger partial charge in [-0.2, -0.15) is 0 Å². The van der Waals surface area contributed by atoms with Crippen molar-refractivity contribution in [2.24, 2.45) is 5.73 Å². The summed E-state index contributed by atoms with van der Waals surface area (Å²) in [4.78, 5) is 21.3. The van der Waals surface area contributed by atoms with Crippen molar-refractivity contribution >= 4 is 48.9 Å². The first-order valence-electron chi connectivity index (χ1n) is 8.10. The van der Waals surface area contributed by atoms with Gasteiger partial charge in [-0.25, -0.2) is 4.98 Å². The van der Waals surface area contributed by atoms with Gasteiger partial charge in [0.2, 0.25) is 0 Å². The zero-order valence-electron chi connectivity index (χ0n) is 15.1. The maximum absolute atomic E-state index is 12.2. The summed E-state index contributed by atoms with van der Waals surface area (Å²) >= 11 is 0. The Labute approximate surface area is 177 Å². The van der Waals surface area contributed by atoms with Crippen LogP contribution >= 0.6 is 37.2 Å². The predicted molar refractivity (Wildman–Crippen MR) is 113 cm³/mol. The summed E-state index contributed by atoms with van der Waals surface area (Å²) in [5.41, 5.74) is 7.00. The molecule has 1 saturated heterocycles. The molecule has 2 aromatic heterocycles. The Morgan fingerprint density at radius 3 is 2.59 bits per heavy atom. The van der Waals surface area contributed by atoms with Crippen LogP contribution in [-0.2, 0) is 13.1 Å². The maximum Gasteiger partial charge on any atom is 0.254 e. The van der Waals surface area contributed by atoms with E-state index in [0.29, 0.717) is 17.9 Å². The molecule has 0 atom stereocenters. The van der Waals surface area contributed by atoms with Crippen LogP contribution in [0.1, 0.15) is 21.7 Å². The van der Waals surface area contributed by atoms with Crippen LogP contribution in [-0.4, -0.2) is 49.0 Å². The minimum Gasteiger partial charge on any atom is -0.467 e. The van der Waals surface area contributed by atoms with E-state index < -0.39 is 0 Å². The third-order valence-electron chi connectivity index (χ3n) is 4.23. The first kappa shape index (κ1) is 25.5. The molecule has 0 aromatic carbocycles. The molecule has 3 rings (SSSR count). The van der Waals surface area contributed by atoms with Gasteiger partial charge in [-0.3, -0.25) is 4.79 Å². The van der Waals surface area contributed by atoms with Gasteiger partial charge in [-0.15, -0.1) is 37.2 Å². The summed E-state index contributed by atoms with van der Waals surface area (Å²) in [6.07, 6.45) is 3.23. The van der Waals surface area contributed by atoms with Crippen LogP contribution in [0.25, 0.3) is 0 Å². The number of carbonyl (C=O) groups excluding carboxylic acids is 1. The maximum atomic E-state index is 12.2. The summed E-state index contributed by atoms with van der Waals surface area (Å²) in [5.74, 6) is 1.37. The van der Waals surface area contributed by atoms with Crippen LogP contribution in [0.4, 0.5) is 5.82 Å². The Kier molecular flexibility index (Phi) is 11.4. The number of piperazine rings is 1. The SMILES string of the molecule is CN1CCN(c2ncccc2CNC(=O)c2coc(CN)c2)CC1.Cl.Cl.Cl. The number of furan rings is 1. The molecule has 0 bridgehead atoms. The van der Waals surface area contributed by atoms with E-state index in [1.165, 1.54) is 6.26 Å². The average Bonchev–Trinajstić information content (AvgIpc) is 3.10. The van der Waals surface area contributed by atoms with E-state index in [9.17, 15) is 4.79 Å². The Morgan fingerprint density at radius 1 is 1.26 bits per heavy atom. The van der Waals surface area contributed by atoms with Crippen molar-refractivity contribution in [3.05, 3.63) is 47.5 Å². The fourth-order valence-corrected chi connectivity index (χ4v) is 2.76. The molecule has 1 fully saturated rings. The highest BCUT2D eigenvalue weighted by Gasteiger charge is 2.18. The lowest BCUT2D eigenvalue weighted by Gasteiger charge is -2.34.